The van der Waals surface area contributed by atoms with E-state index in [2.05, 4.69) is 48.6 Å². The number of hydrogen-bond donors (Lipinski definition) is 1. The first-order chi connectivity index (χ1) is 10.1. The Hall–Kier alpha value is -1.87. The van der Waals surface area contributed by atoms with Crippen LogP contribution in [0.5, 0.6) is 0 Å². The number of rotatable bonds is 5. The molecule has 21 heavy (non-hydrogen) atoms. The SMILES string of the molecule is C[C@@H](C(=S)N(C)C)[C@H](Nc1ccccc1)c1ccccc1. The Morgan fingerprint density at radius 3 is 2.00 bits per heavy atom. The van der Waals surface area contributed by atoms with Crippen molar-refractivity contribution in [2.24, 2.45) is 5.92 Å². The number of benzene rings is 2. The van der Waals surface area contributed by atoms with Crippen LogP contribution >= 0.6 is 12.2 Å². The summed E-state index contributed by atoms with van der Waals surface area (Å²) < 4.78 is 0. The van der Waals surface area contributed by atoms with Gasteiger partial charge in [-0.15, -0.1) is 0 Å². The summed E-state index contributed by atoms with van der Waals surface area (Å²) >= 11 is 5.58. The number of para-hydroxylation sites is 1. The number of nitrogens with zero attached hydrogens (tertiary/aromatic N) is 1. The predicted molar refractivity (Wildman–Crippen MR) is 94.7 cm³/mol. The van der Waals surface area contributed by atoms with Gasteiger partial charge in [0.25, 0.3) is 0 Å². The van der Waals surface area contributed by atoms with Crippen LogP contribution in [-0.2, 0) is 0 Å². The van der Waals surface area contributed by atoms with Crippen molar-refractivity contribution >= 4 is 22.9 Å². The van der Waals surface area contributed by atoms with Crippen LogP contribution in [0.1, 0.15) is 18.5 Å². The highest BCUT2D eigenvalue weighted by Crippen LogP contribution is 2.28. The van der Waals surface area contributed by atoms with E-state index in [9.17, 15) is 0 Å². The average Bonchev–Trinajstić information content (AvgIpc) is 2.53. The molecule has 0 bridgehead atoms. The normalized spacial score (nSPS) is 13.3. The van der Waals surface area contributed by atoms with E-state index in [0.717, 1.165) is 10.7 Å². The minimum atomic E-state index is 0.156. The third-order valence-corrected chi connectivity index (χ3v) is 4.32. The van der Waals surface area contributed by atoms with Crippen molar-refractivity contribution in [2.45, 2.75) is 13.0 Å². The fourth-order valence-electron chi connectivity index (χ4n) is 2.42. The highest BCUT2D eigenvalue weighted by atomic mass is 32.1. The van der Waals surface area contributed by atoms with E-state index in [0.29, 0.717) is 0 Å². The second-order valence-corrected chi connectivity index (χ2v) is 5.84. The van der Waals surface area contributed by atoms with Crippen LogP contribution in [0.25, 0.3) is 0 Å². The van der Waals surface area contributed by atoms with Crippen LogP contribution in [0, 0.1) is 5.92 Å². The molecule has 3 heteroatoms. The summed E-state index contributed by atoms with van der Waals surface area (Å²) in [4.78, 5) is 2.97. The standard InChI is InChI=1S/C18H22N2S/c1-14(18(21)20(2)3)17(15-10-6-4-7-11-15)19-16-12-8-5-9-13-16/h4-14,17,19H,1-3H3/t14-,17+/m1/s1. The molecule has 0 aliphatic rings. The fraction of sp³-hybridized carbons (Fsp3) is 0.278. The quantitative estimate of drug-likeness (QED) is 0.825. The zero-order valence-corrected chi connectivity index (χ0v) is 13.6. The Labute approximate surface area is 132 Å². The third kappa shape index (κ3) is 4.05. The first kappa shape index (κ1) is 15.5. The summed E-state index contributed by atoms with van der Waals surface area (Å²) in [5.41, 5.74) is 2.36. The van der Waals surface area contributed by atoms with Gasteiger partial charge in [0.05, 0.1) is 11.0 Å². The minimum Gasteiger partial charge on any atom is -0.378 e. The van der Waals surface area contributed by atoms with Crippen molar-refractivity contribution in [1.29, 1.82) is 0 Å². The summed E-state index contributed by atoms with van der Waals surface area (Å²) in [6.07, 6.45) is 0. The molecular formula is C18H22N2S. The predicted octanol–water partition coefficient (Wildman–Crippen LogP) is 4.36. The van der Waals surface area contributed by atoms with E-state index < -0.39 is 0 Å². The van der Waals surface area contributed by atoms with E-state index >= 15 is 0 Å². The first-order valence-electron chi connectivity index (χ1n) is 7.17. The molecule has 110 valence electrons. The van der Waals surface area contributed by atoms with Gasteiger partial charge in [0.15, 0.2) is 0 Å². The second-order valence-electron chi connectivity index (χ2n) is 5.42. The molecule has 2 atom stereocenters. The summed E-state index contributed by atoms with van der Waals surface area (Å²) in [6, 6.07) is 20.9. The number of hydrogen-bond acceptors (Lipinski definition) is 2. The van der Waals surface area contributed by atoms with Gasteiger partial charge >= 0.3 is 0 Å². The summed E-state index contributed by atoms with van der Waals surface area (Å²) in [7, 11) is 4.01. The summed E-state index contributed by atoms with van der Waals surface area (Å²) in [5, 5.41) is 3.62. The van der Waals surface area contributed by atoms with Crippen molar-refractivity contribution in [3.63, 3.8) is 0 Å². The van der Waals surface area contributed by atoms with Gasteiger partial charge in [-0.3, -0.25) is 0 Å². The van der Waals surface area contributed by atoms with Gasteiger partial charge in [0.1, 0.15) is 0 Å². The Morgan fingerprint density at radius 2 is 1.48 bits per heavy atom. The van der Waals surface area contributed by atoms with Crippen LogP contribution in [0.3, 0.4) is 0 Å². The molecule has 0 unspecified atom stereocenters. The Morgan fingerprint density at radius 1 is 0.952 bits per heavy atom. The summed E-state index contributed by atoms with van der Waals surface area (Å²) in [6.45, 7) is 2.18. The largest absolute Gasteiger partial charge is 0.378 e. The maximum Gasteiger partial charge on any atom is 0.0826 e. The molecule has 1 N–H and O–H groups in total. The molecule has 0 spiro atoms. The van der Waals surface area contributed by atoms with Crippen molar-refractivity contribution in [2.75, 3.05) is 19.4 Å². The van der Waals surface area contributed by atoms with Gasteiger partial charge in [-0.25, -0.2) is 0 Å². The van der Waals surface area contributed by atoms with E-state index in [1.807, 2.05) is 43.3 Å². The molecule has 0 heterocycles. The van der Waals surface area contributed by atoms with Crippen LogP contribution < -0.4 is 5.32 Å². The molecule has 2 nitrogen and oxygen atoms in total. The highest BCUT2D eigenvalue weighted by Gasteiger charge is 2.23. The molecule has 0 saturated heterocycles. The molecule has 0 amide bonds. The Balaban J connectivity index is 2.29. The van der Waals surface area contributed by atoms with E-state index in [1.165, 1.54) is 5.56 Å². The van der Waals surface area contributed by atoms with Gasteiger partial charge in [0.2, 0.25) is 0 Å². The molecule has 0 aliphatic carbocycles. The molecule has 0 fully saturated rings. The van der Waals surface area contributed by atoms with Crippen molar-refractivity contribution < 1.29 is 0 Å². The lowest BCUT2D eigenvalue weighted by atomic mass is 9.93. The van der Waals surface area contributed by atoms with Gasteiger partial charge in [-0.2, -0.15) is 0 Å². The average molecular weight is 298 g/mol. The maximum atomic E-state index is 5.58. The zero-order valence-electron chi connectivity index (χ0n) is 12.8. The minimum absolute atomic E-state index is 0.156. The lowest BCUT2D eigenvalue weighted by Gasteiger charge is -2.30. The number of anilines is 1. The fourth-order valence-corrected chi connectivity index (χ4v) is 2.56. The van der Waals surface area contributed by atoms with Crippen LogP contribution in [0.2, 0.25) is 0 Å². The van der Waals surface area contributed by atoms with E-state index in [1.54, 1.807) is 0 Å². The van der Waals surface area contributed by atoms with Gasteiger partial charge < -0.3 is 10.2 Å². The van der Waals surface area contributed by atoms with Crippen LogP contribution in [-0.4, -0.2) is 24.0 Å². The molecule has 0 aromatic heterocycles. The van der Waals surface area contributed by atoms with Crippen molar-refractivity contribution in [3.8, 4) is 0 Å². The summed E-state index contributed by atoms with van der Waals surface area (Å²) in [5.74, 6) is 0.220. The molecular weight excluding hydrogens is 276 g/mol. The third-order valence-electron chi connectivity index (χ3n) is 3.58. The Kier molecular flexibility index (Phi) is 5.34. The van der Waals surface area contributed by atoms with Gasteiger partial charge in [-0.05, 0) is 17.7 Å². The first-order valence-corrected chi connectivity index (χ1v) is 7.58. The highest BCUT2D eigenvalue weighted by molar-refractivity contribution is 7.80. The van der Waals surface area contributed by atoms with Gasteiger partial charge in [0, 0.05) is 25.7 Å². The van der Waals surface area contributed by atoms with Crippen molar-refractivity contribution in [3.05, 3.63) is 66.2 Å². The maximum absolute atomic E-state index is 5.58. The lowest BCUT2D eigenvalue weighted by Crippen LogP contribution is -2.33. The molecule has 0 radical (unpaired) electrons. The smallest absolute Gasteiger partial charge is 0.0826 e. The molecule has 2 aromatic rings. The van der Waals surface area contributed by atoms with E-state index in [4.69, 9.17) is 12.2 Å². The zero-order chi connectivity index (χ0) is 15.2. The molecule has 0 aliphatic heterocycles. The van der Waals surface area contributed by atoms with Gasteiger partial charge in [-0.1, -0.05) is 67.7 Å². The molecule has 2 rings (SSSR count). The monoisotopic (exact) mass is 298 g/mol. The Bertz CT molecular complexity index is 566. The van der Waals surface area contributed by atoms with Crippen molar-refractivity contribution in [1.82, 2.24) is 4.90 Å². The van der Waals surface area contributed by atoms with Crippen LogP contribution in [0.4, 0.5) is 5.69 Å². The van der Waals surface area contributed by atoms with Crippen LogP contribution in [0.15, 0.2) is 60.7 Å². The second kappa shape index (κ2) is 7.23. The lowest BCUT2D eigenvalue weighted by molar-refractivity contribution is 0.538. The van der Waals surface area contributed by atoms with E-state index in [-0.39, 0.29) is 12.0 Å². The molecule has 0 saturated carbocycles. The number of thiocarbonyl (C=S) groups is 1. The molecule has 2 aromatic carbocycles. The topological polar surface area (TPSA) is 15.3 Å². The number of nitrogens with one attached hydrogen (secondary N) is 1.